The highest BCUT2D eigenvalue weighted by atomic mass is 19.4. The first-order valence-electron chi connectivity index (χ1n) is 6.00. The molecule has 112 valence electrons. The third kappa shape index (κ3) is 5.48. The number of carbonyl (C=O) groups excluding carboxylic acids is 2. The lowest BCUT2D eigenvalue weighted by atomic mass is 9.88. The van der Waals surface area contributed by atoms with Crippen LogP contribution in [0.3, 0.4) is 0 Å². The van der Waals surface area contributed by atoms with E-state index in [1.54, 1.807) is 13.8 Å². The van der Waals surface area contributed by atoms with Crippen molar-refractivity contribution in [2.75, 3.05) is 6.61 Å². The van der Waals surface area contributed by atoms with E-state index in [0.29, 0.717) is 0 Å². The molecule has 0 aromatic heterocycles. The monoisotopic (exact) mass is 284 g/mol. The number of esters is 2. The van der Waals surface area contributed by atoms with Crippen molar-refractivity contribution < 1.29 is 32.2 Å². The van der Waals surface area contributed by atoms with Crippen LogP contribution in [0.4, 0.5) is 13.2 Å². The molecule has 0 radical (unpaired) electrons. The summed E-state index contributed by atoms with van der Waals surface area (Å²) in [6.45, 7) is 5.06. The molecule has 0 saturated carbocycles. The van der Waals surface area contributed by atoms with E-state index in [2.05, 4.69) is 4.74 Å². The summed E-state index contributed by atoms with van der Waals surface area (Å²) in [6, 6.07) is 0. The van der Waals surface area contributed by atoms with Crippen LogP contribution < -0.4 is 0 Å². The summed E-state index contributed by atoms with van der Waals surface area (Å²) < 4.78 is 46.1. The number of halogens is 3. The van der Waals surface area contributed by atoms with Gasteiger partial charge in [-0.3, -0.25) is 9.59 Å². The van der Waals surface area contributed by atoms with Crippen molar-refractivity contribution in [2.24, 2.45) is 5.41 Å². The van der Waals surface area contributed by atoms with Gasteiger partial charge in [-0.25, -0.2) is 0 Å². The van der Waals surface area contributed by atoms with Gasteiger partial charge in [-0.15, -0.1) is 0 Å². The predicted molar refractivity (Wildman–Crippen MR) is 61.3 cm³/mol. The van der Waals surface area contributed by atoms with Gasteiger partial charge in [-0.2, -0.15) is 13.2 Å². The van der Waals surface area contributed by atoms with Crippen molar-refractivity contribution in [1.29, 1.82) is 0 Å². The fourth-order valence-corrected chi connectivity index (χ4v) is 1.02. The molecule has 4 nitrogen and oxygen atoms in total. The minimum atomic E-state index is -4.61. The maximum Gasteiger partial charge on any atom is 0.425 e. The molecular formula is C12H19F3O4. The van der Waals surface area contributed by atoms with Crippen LogP contribution in [0.1, 0.15) is 40.5 Å². The number of carbonyl (C=O) groups is 2. The zero-order valence-electron chi connectivity index (χ0n) is 11.5. The van der Waals surface area contributed by atoms with Crippen molar-refractivity contribution in [3.05, 3.63) is 0 Å². The average molecular weight is 284 g/mol. The lowest BCUT2D eigenvalue weighted by molar-refractivity contribution is -0.223. The first-order valence-corrected chi connectivity index (χ1v) is 6.00. The molecule has 2 atom stereocenters. The molecule has 19 heavy (non-hydrogen) atoms. The van der Waals surface area contributed by atoms with Crippen LogP contribution in [0.25, 0.3) is 0 Å². The maximum atomic E-state index is 12.3. The molecule has 0 bridgehead atoms. The lowest BCUT2D eigenvalue weighted by Gasteiger charge is -2.27. The third-order valence-corrected chi connectivity index (χ3v) is 2.86. The molecule has 0 aromatic rings. The van der Waals surface area contributed by atoms with E-state index in [4.69, 9.17) is 4.74 Å². The minimum Gasteiger partial charge on any atom is -0.464 e. The Morgan fingerprint density at radius 3 is 2.11 bits per heavy atom. The summed E-state index contributed by atoms with van der Waals surface area (Å²) >= 11 is 0. The van der Waals surface area contributed by atoms with Gasteiger partial charge in [0.05, 0.1) is 5.41 Å². The normalized spacial score (nSPS) is 16.4. The molecule has 0 heterocycles. The Labute approximate surface area is 110 Å². The molecule has 0 aliphatic rings. The summed E-state index contributed by atoms with van der Waals surface area (Å²) in [5.74, 6) is -1.54. The molecule has 0 aliphatic carbocycles. The van der Waals surface area contributed by atoms with Crippen LogP contribution in [0.15, 0.2) is 0 Å². The summed E-state index contributed by atoms with van der Waals surface area (Å²) in [6.07, 6.45) is -6.46. The summed E-state index contributed by atoms with van der Waals surface area (Å²) in [7, 11) is 0. The fourth-order valence-electron chi connectivity index (χ4n) is 1.02. The Hall–Kier alpha value is -1.27. The molecule has 0 aliphatic heterocycles. The highest BCUT2D eigenvalue weighted by molar-refractivity contribution is 5.77. The van der Waals surface area contributed by atoms with Crippen LogP contribution in [-0.4, -0.2) is 30.8 Å². The Morgan fingerprint density at radius 1 is 1.21 bits per heavy atom. The Kier molecular flexibility index (Phi) is 6.32. The van der Waals surface area contributed by atoms with E-state index in [-0.39, 0.29) is 19.4 Å². The van der Waals surface area contributed by atoms with Gasteiger partial charge in [0.15, 0.2) is 6.10 Å². The second kappa shape index (κ2) is 6.77. The number of ether oxygens (including phenoxy) is 2. The Balaban J connectivity index is 4.65. The van der Waals surface area contributed by atoms with E-state index in [9.17, 15) is 22.8 Å². The average Bonchev–Trinajstić information content (AvgIpc) is 2.33. The topological polar surface area (TPSA) is 52.6 Å². The number of rotatable bonds is 6. The highest BCUT2D eigenvalue weighted by Gasteiger charge is 2.43. The first kappa shape index (κ1) is 17.7. The van der Waals surface area contributed by atoms with Gasteiger partial charge in [0, 0.05) is 6.42 Å². The van der Waals surface area contributed by atoms with Crippen LogP contribution >= 0.6 is 0 Å². The molecule has 0 spiro atoms. The number of hydrogen-bond acceptors (Lipinski definition) is 4. The van der Waals surface area contributed by atoms with Gasteiger partial charge < -0.3 is 9.47 Å². The molecule has 0 N–H and O–H groups in total. The fraction of sp³-hybridized carbons (Fsp3) is 0.833. The minimum absolute atomic E-state index is 0.133. The van der Waals surface area contributed by atoms with Crippen LogP contribution in [0.5, 0.6) is 0 Å². The molecule has 7 heteroatoms. The first-order chi connectivity index (χ1) is 8.56. The third-order valence-electron chi connectivity index (χ3n) is 2.86. The predicted octanol–water partition coefficient (Wildman–Crippen LogP) is 2.85. The van der Waals surface area contributed by atoms with E-state index in [1.807, 2.05) is 0 Å². The molecule has 2 unspecified atom stereocenters. The summed E-state index contributed by atoms with van der Waals surface area (Å²) in [4.78, 5) is 22.8. The quantitative estimate of drug-likeness (QED) is 0.704. The summed E-state index contributed by atoms with van der Waals surface area (Å²) in [5, 5.41) is 0. The van der Waals surface area contributed by atoms with Crippen molar-refractivity contribution in [2.45, 2.75) is 52.8 Å². The Morgan fingerprint density at radius 2 is 1.74 bits per heavy atom. The van der Waals surface area contributed by atoms with Gasteiger partial charge in [0.25, 0.3) is 0 Å². The van der Waals surface area contributed by atoms with Crippen molar-refractivity contribution in [1.82, 2.24) is 0 Å². The van der Waals surface area contributed by atoms with Gasteiger partial charge in [0.1, 0.15) is 6.61 Å². The van der Waals surface area contributed by atoms with Gasteiger partial charge in [-0.05, 0) is 20.3 Å². The largest absolute Gasteiger partial charge is 0.464 e. The standard InChI is InChI=1S/C12H19F3O4/c1-5-9(16)18-7-11(4,6-2)10(17)19-8(3)12(13,14)15/h8H,5-7H2,1-4H3. The van der Waals surface area contributed by atoms with Gasteiger partial charge in [0.2, 0.25) is 0 Å². The van der Waals surface area contributed by atoms with Crippen molar-refractivity contribution in [3.63, 3.8) is 0 Å². The molecule has 0 fully saturated rings. The molecule has 0 aromatic carbocycles. The van der Waals surface area contributed by atoms with Crippen molar-refractivity contribution >= 4 is 11.9 Å². The summed E-state index contributed by atoms with van der Waals surface area (Å²) in [5.41, 5.74) is -1.27. The lowest BCUT2D eigenvalue weighted by Crippen LogP contribution is -2.40. The molecule has 0 rings (SSSR count). The van der Waals surface area contributed by atoms with Crippen molar-refractivity contribution in [3.8, 4) is 0 Å². The van der Waals surface area contributed by atoms with E-state index in [0.717, 1.165) is 6.92 Å². The SMILES string of the molecule is CCC(=O)OCC(C)(CC)C(=O)OC(C)C(F)(F)F. The zero-order valence-corrected chi connectivity index (χ0v) is 11.5. The van der Waals surface area contributed by atoms with E-state index in [1.165, 1.54) is 6.92 Å². The molecule has 0 saturated heterocycles. The molecular weight excluding hydrogens is 265 g/mol. The Bertz CT molecular complexity index is 327. The van der Waals surface area contributed by atoms with Gasteiger partial charge in [-0.1, -0.05) is 13.8 Å². The second-order valence-corrected chi connectivity index (χ2v) is 4.52. The second-order valence-electron chi connectivity index (χ2n) is 4.52. The van der Waals surface area contributed by atoms with Crippen LogP contribution in [-0.2, 0) is 19.1 Å². The van der Waals surface area contributed by atoms with Crippen LogP contribution in [0, 0.1) is 5.41 Å². The zero-order chi connectivity index (χ0) is 15.3. The van der Waals surface area contributed by atoms with E-state index < -0.39 is 29.6 Å². The number of hydrogen-bond donors (Lipinski definition) is 0. The number of alkyl halides is 3. The maximum absolute atomic E-state index is 12.3. The molecule has 0 amide bonds. The van der Waals surface area contributed by atoms with Gasteiger partial charge >= 0.3 is 18.1 Å². The smallest absolute Gasteiger partial charge is 0.425 e. The van der Waals surface area contributed by atoms with E-state index >= 15 is 0 Å². The van der Waals surface area contributed by atoms with Crippen LogP contribution in [0.2, 0.25) is 0 Å². The highest BCUT2D eigenvalue weighted by Crippen LogP contribution is 2.28.